The van der Waals surface area contributed by atoms with Gasteiger partial charge in [0.2, 0.25) is 0 Å². The van der Waals surface area contributed by atoms with Gasteiger partial charge in [-0.2, -0.15) is 4.80 Å². The first-order valence-electron chi connectivity index (χ1n) is 6.56. The maximum atomic E-state index is 12.1. The van der Waals surface area contributed by atoms with Gasteiger partial charge in [-0.05, 0) is 45.8 Å². The van der Waals surface area contributed by atoms with E-state index in [1.54, 1.807) is 25.3 Å². The summed E-state index contributed by atoms with van der Waals surface area (Å²) in [6.07, 6.45) is 2.01. The van der Waals surface area contributed by atoms with Crippen molar-refractivity contribution in [2.45, 2.75) is 26.3 Å². The third-order valence-electron chi connectivity index (χ3n) is 2.80. The highest BCUT2D eigenvalue weighted by Gasteiger charge is 2.12. The molecule has 2 aromatic rings. The Bertz CT molecular complexity index is 629. The number of carbonyl (C=O) groups excluding carboxylic acids is 1. The number of methoxy groups -OCH3 is 1. The molecule has 0 atom stereocenters. The van der Waals surface area contributed by atoms with Crippen LogP contribution in [0.5, 0.6) is 5.75 Å². The van der Waals surface area contributed by atoms with Gasteiger partial charge in [0.25, 0.3) is 11.9 Å². The average molecular weight is 354 g/mol. The van der Waals surface area contributed by atoms with Gasteiger partial charge in [-0.15, -0.1) is 5.10 Å². The molecule has 0 unspecified atom stereocenters. The van der Waals surface area contributed by atoms with E-state index in [9.17, 15) is 4.79 Å². The standard InChI is InChI=1S/C13H16BrN5O2/c1-3-4-7-19-17-13(16-18-19)15-12(20)9-5-6-11(21-2)10(14)8-9/h5-6,8H,3-4,7H2,1-2H3,(H,15,17,20). The lowest BCUT2D eigenvalue weighted by Crippen LogP contribution is -2.13. The van der Waals surface area contributed by atoms with Crippen LogP contribution in [0.25, 0.3) is 0 Å². The predicted octanol–water partition coefficient (Wildman–Crippen LogP) is 2.50. The normalized spacial score (nSPS) is 10.4. The minimum Gasteiger partial charge on any atom is -0.496 e. The minimum atomic E-state index is -0.298. The molecule has 8 heteroatoms. The van der Waals surface area contributed by atoms with Crippen LogP contribution in [-0.4, -0.2) is 33.2 Å². The summed E-state index contributed by atoms with van der Waals surface area (Å²) in [5, 5.41) is 14.4. The molecule has 21 heavy (non-hydrogen) atoms. The van der Waals surface area contributed by atoms with E-state index in [-0.39, 0.29) is 11.9 Å². The Morgan fingerprint density at radius 3 is 2.95 bits per heavy atom. The number of hydrogen-bond donors (Lipinski definition) is 1. The number of unbranched alkanes of at least 4 members (excludes halogenated alkanes) is 1. The number of amides is 1. The number of nitrogens with zero attached hydrogens (tertiary/aromatic N) is 4. The zero-order chi connectivity index (χ0) is 15.2. The van der Waals surface area contributed by atoms with Crippen molar-refractivity contribution >= 4 is 27.8 Å². The number of ether oxygens (including phenoxy) is 1. The molecule has 0 radical (unpaired) electrons. The Kier molecular flexibility index (Phi) is 5.26. The maximum absolute atomic E-state index is 12.1. The van der Waals surface area contributed by atoms with Crippen LogP contribution in [0.15, 0.2) is 22.7 Å². The number of anilines is 1. The maximum Gasteiger partial charge on any atom is 0.270 e. The van der Waals surface area contributed by atoms with Crippen LogP contribution < -0.4 is 10.1 Å². The Labute approximate surface area is 130 Å². The van der Waals surface area contributed by atoms with Crippen LogP contribution in [-0.2, 0) is 6.54 Å². The molecule has 0 aliphatic carbocycles. The monoisotopic (exact) mass is 353 g/mol. The third kappa shape index (κ3) is 4.01. The zero-order valence-electron chi connectivity index (χ0n) is 11.8. The molecule has 0 spiro atoms. The van der Waals surface area contributed by atoms with E-state index in [1.165, 1.54) is 4.80 Å². The number of rotatable bonds is 6. The smallest absolute Gasteiger partial charge is 0.270 e. The number of halogens is 1. The molecule has 112 valence electrons. The quantitative estimate of drug-likeness (QED) is 0.862. The van der Waals surface area contributed by atoms with Gasteiger partial charge in [0.1, 0.15) is 5.75 Å². The molecule has 0 saturated carbocycles. The van der Waals surface area contributed by atoms with E-state index in [4.69, 9.17) is 4.74 Å². The number of carbonyl (C=O) groups is 1. The Hall–Kier alpha value is -1.96. The van der Waals surface area contributed by atoms with E-state index in [0.717, 1.165) is 12.8 Å². The van der Waals surface area contributed by atoms with Gasteiger partial charge < -0.3 is 4.74 Å². The molecule has 0 aliphatic rings. The summed E-state index contributed by atoms with van der Waals surface area (Å²) in [6.45, 7) is 2.77. The van der Waals surface area contributed by atoms with Crippen LogP contribution in [0.4, 0.5) is 5.95 Å². The third-order valence-corrected chi connectivity index (χ3v) is 3.42. The summed E-state index contributed by atoms with van der Waals surface area (Å²) in [4.78, 5) is 13.6. The molecule has 0 fully saturated rings. The topological polar surface area (TPSA) is 81.9 Å². The minimum absolute atomic E-state index is 0.197. The first kappa shape index (κ1) is 15.4. The number of aryl methyl sites for hydroxylation is 1. The fourth-order valence-corrected chi connectivity index (χ4v) is 2.21. The van der Waals surface area contributed by atoms with Crippen molar-refractivity contribution in [3.63, 3.8) is 0 Å². The van der Waals surface area contributed by atoms with Gasteiger partial charge in [0.05, 0.1) is 18.1 Å². The van der Waals surface area contributed by atoms with E-state index in [1.807, 2.05) is 0 Å². The van der Waals surface area contributed by atoms with E-state index in [0.29, 0.717) is 22.3 Å². The molecule has 0 saturated heterocycles. The second kappa shape index (κ2) is 7.16. The summed E-state index contributed by atoms with van der Waals surface area (Å²) in [5.74, 6) is 0.562. The van der Waals surface area contributed by atoms with Crippen molar-refractivity contribution in [3.05, 3.63) is 28.2 Å². The van der Waals surface area contributed by atoms with Crippen molar-refractivity contribution < 1.29 is 9.53 Å². The molecule has 1 heterocycles. The summed E-state index contributed by atoms with van der Waals surface area (Å²) in [6, 6.07) is 5.06. The van der Waals surface area contributed by atoms with Crippen LogP contribution in [0, 0.1) is 0 Å². The van der Waals surface area contributed by atoms with Gasteiger partial charge in [-0.1, -0.05) is 18.4 Å². The molecule has 1 N–H and O–H groups in total. The molecular formula is C13H16BrN5O2. The Balaban J connectivity index is 2.03. The number of hydrogen-bond acceptors (Lipinski definition) is 5. The highest BCUT2D eigenvalue weighted by molar-refractivity contribution is 9.10. The average Bonchev–Trinajstić information content (AvgIpc) is 2.92. The van der Waals surface area contributed by atoms with E-state index in [2.05, 4.69) is 43.6 Å². The number of tetrazole rings is 1. The van der Waals surface area contributed by atoms with E-state index >= 15 is 0 Å². The molecule has 1 aromatic carbocycles. The number of benzene rings is 1. The predicted molar refractivity (Wildman–Crippen MR) is 81.4 cm³/mol. The van der Waals surface area contributed by atoms with Gasteiger partial charge in [0, 0.05) is 5.56 Å². The second-order valence-electron chi connectivity index (χ2n) is 4.37. The highest BCUT2D eigenvalue weighted by atomic mass is 79.9. The van der Waals surface area contributed by atoms with Crippen molar-refractivity contribution in [1.82, 2.24) is 20.2 Å². The van der Waals surface area contributed by atoms with Crippen molar-refractivity contribution in [1.29, 1.82) is 0 Å². The summed E-state index contributed by atoms with van der Waals surface area (Å²) in [7, 11) is 1.57. The van der Waals surface area contributed by atoms with Crippen LogP contribution >= 0.6 is 15.9 Å². The van der Waals surface area contributed by atoms with Crippen molar-refractivity contribution in [3.8, 4) is 5.75 Å². The molecule has 1 aromatic heterocycles. The lowest BCUT2D eigenvalue weighted by molar-refractivity contribution is 0.102. The lowest BCUT2D eigenvalue weighted by Gasteiger charge is -2.05. The van der Waals surface area contributed by atoms with Crippen molar-refractivity contribution in [2.24, 2.45) is 0 Å². The molecule has 0 bridgehead atoms. The highest BCUT2D eigenvalue weighted by Crippen LogP contribution is 2.25. The molecule has 2 rings (SSSR count). The molecular weight excluding hydrogens is 338 g/mol. The Morgan fingerprint density at radius 1 is 1.48 bits per heavy atom. The number of aromatic nitrogens is 4. The van der Waals surface area contributed by atoms with Crippen LogP contribution in [0.1, 0.15) is 30.1 Å². The summed E-state index contributed by atoms with van der Waals surface area (Å²) in [5.41, 5.74) is 0.479. The van der Waals surface area contributed by atoms with Crippen LogP contribution in [0.3, 0.4) is 0 Å². The fraction of sp³-hybridized carbons (Fsp3) is 0.385. The number of nitrogens with one attached hydrogen (secondary N) is 1. The van der Waals surface area contributed by atoms with Crippen molar-refractivity contribution in [2.75, 3.05) is 12.4 Å². The van der Waals surface area contributed by atoms with E-state index < -0.39 is 0 Å². The largest absolute Gasteiger partial charge is 0.496 e. The SMILES string of the molecule is CCCCn1nnc(NC(=O)c2ccc(OC)c(Br)c2)n1. The van der Waals surface area contributed by atoms with Gasteiger partial charge >= 0.3 is 0 Å². The van der Waals surface area contributed by atoms with Gasteiger partial charge in [-0.25, -0.2) is 0 Å². The van der Waals surface area contributed by atoms with Crippen LogP contribution in [0.2, 0.25) is 0 Å². The fourth-order valence-electron chi connectivity index (χ4n) is 1.67. The van der Waals surface area contributed by atoms with Gasteiger partial charge in [0.15, 0.2) is 0 Å². The first-order valence-corrected chi connectivity index (χ1v) is 7.36. The first-order chi connectivity index (χ1) is 10.1. The van der Waals surface area contributed by atoms with Gasteiger partial charge in [-0.3, -0.25) is 10.1 Å². The molecule has 0 aliphatic heterocycles. The summed E-state index contributed by atoms with van der Waals surface area (Å²) < 4.78 is 5.83. The summed E-state index contributed by atoms with van der Waals surface area (Å²) >= 11 is 3.34. The second-order valence-corrected chi connectivity index (χ2v) is 5.22. The zero-order valence-corrected chi connectivity index (χ0v) is 13.4. The molecule has 1 amide bonds. The lowest BCUT2D eigenvalue weighted by atomic mass is 10.2. The molecule has 7 nitrogen and oxygen atoms in total. The Morgan fingerprint density at radius 2 is 2.29 bits per heavy atom.